The molecule has 0 saturated carbocycles. The highest BCUT2D eigenvalue weighted by molar-refractivity contribution is 6.33. The van der Waals surface area contributed by atoms with Crippen molar-refractivity contribution in [2.45, 2.75) is 19.4 Å². The quantitative estimate of drug-likeness (QED) is 0.487. The molecule has 0 saturated heterocycles. The first-order valence-electron chi connectivity index (χ1n) is 5.26. The van der Waals surface area contributed by atoms with Gasteiger partial charge < -0.3 is 4.84 Å². The molecule has 1 aliphatic rings. The zero-order valence-corrected chi connectivity index (χ0v) is 11.0. The van der Waals surface area contributed by atoms with Crippen LogP contribution in [-0.4, -0.2) is 22.6 Å². The van der Waals surface area contributed by atoms with E-state index in [1.54, 1.807) is 13.0 Å². The van der Waals surface area contributed by atoms with Crippen LogP contribution in [0.5, 0.6) is 0 Å². The average molecular weight is 289 g/mol. The Morgan fingerprint density at radius 1 is 1.61 bits per heavy atom. The van der Waals surface area contributed by atoms with Gasteiger partial charge in [-0.05, 0) is 18.6 Å². The Hall–Kier alpha value is -1.33. The van der Waals surface area contributed by atoms with Gasteiger partial charge in [-0.2, -0.15) is 0 Å². The second-order valence-corrected chi connectivity index (χ2v) is 4.72. The van der Waals surface area contributed by atoms with Crippen LogP contribution < -0.4 is 0 Å². The van der Waals surface area contributed by atoms with Crippen molar-refractivity contribution in [2.75, 3.05) is 5.88 Å². The topological polar surface area (TPSA) is 64.7 Å². The Morgan fingerprint density at radius 3 is 2.89 bits per heavy atom. The molecular weight excluding hydrogens is 279 g/mol. The molecule has 0 bridgehead atoms. The fourth-order valence-corrected chi connectivity index (χ4v) is 2.19. The molecule has 5 nitrogen and oxygen atoms in total. The number of hydrogen-bond donors (Lipinski definition) is 0. The summed E-state index contributed by atoms with van der Waals surface area (Å²) in [5.74, 6) is 0.354. The predicted molar refractivity (Wildman–Crippen MR) is 69.6 cm³/mol. The van der Waals surface area contributed by atoms with Crippen molar-refractivity contribution in [1.82, 2.24) is 0 Å². The molecule has 1 heterocycles. The highest BCUT2D eigenvalue weighted by Crippen LogP contribution is 2.30. The fraction of sp³-hybridized carbons (Fsp3) is 0.364. The van der Waals surface area contributed by atoms with E-state index in [0.29, 0.717) is 12.3 Å². The summed E-state index contributed by atoms with van der Waals surface area (Å²) >= 11 is 11.6. The molecule has 0 aliphatic carbocycles. The molecule has 18 heavy (non-hydrogen) atoms. The van der Waals surface area contributed by atoms with E-state index in [4.69, 9.17) is 28.0 Å². The molecule has 0 amide bonds. The van der Waals surface area contributed by atoms with Crippen molar-refractivity contribution in [3.63, 3.8) is 0 Å². The summed E-state index contributed by atoms with van der Waals surface area (Å²) in [7, 11) is 0. The van der Waals surface area contributed by atoms with Gasteiger partial charge in [-0.3, -0.25) is 10.1 Å². The molecule has 0 radical (unpaired) electrons. The van der Waals surface area contributed by atoms with E-state index < -0.39 is 4.92 Å². The molecule has 96 valence electrons. The third-order valence-corrected chi connectivity index (χ3v) is 3.35. The number of benzene rings is 1. The summed E-state index contributed by atoms with van der Waals surface area (Å²) in [6.45, 7) is 1.77. The third-order valence-electron chi connectivity index (χ3n) is 2.71. The second-order valence-electron chi connectivity index (χ2n) is 4.00. The Labute approximate surface area is 113 Å². The van der Waals surface area contributed by atoms with Crippen LogP contribution in [0, 0.1) is 17.0 Å². The lowest BCUT2D eigenvalue weighted by atomic mass is 10.00. The van der Waals surface area contributed by atoms with Crippen molar-refractivity contribution in [1.29, 1.82) is 0 Å². The smallest absolute Gasteiger partial charge is 0.288 e. The van der Waals surface area contributed by atoms with E-state index in [2.05, 4.69) is 5.16 Å². The first-order chi connectivity index (χ1) is 8.52. The normalized spacial score (nSPS) is 18.4. The van der Waals surface area contributed by atoms with E-state index >= 15 is 0 Å². The number of hydrogen-bond acceptors (Lipinski definition) is 4. The van der Waals surface area contributed by atoms with Crippen LogP contribution in [0.1, 0.15) is 17.5 Å². The summed E-state index contributed by atoms with van der Waals surface area (Å²) in [5.41, 5.74) is 2.11. The summed E-state index contributed by atoms with van der Waals surface area (Å²) in [6, 6.07) is 2.99. The average Bonchev–Trinajstić information content (AvgIpc) is 2.79. The molecule has 0 fully saturated rings. The second kappa shape index (κ2) is 5.12. The van der Waals surface area contributed by atoms with Gasteiger partial charge in [-0.15, -0.1) is 11.6 Å². The van der Waals surface area contributed by atoms with Gasteiger partial charge in [0.25, 0.3) is 5.69 Å². The van der Waals surface area contributed by atoms with Crippen LogP contribution in [0.15, 0.2) is 17.3 Å². The zero-order valence-electron chi connectivity index (χ0n) is 9.52. The minimum Gasteiger partial charge on any atom is -0.391 e. The molecule has 2 rings (SSSR count). The monoisotopic (exact) mass is 288 g/mol. The molecular formula is C11H10Cl2N2O3. The molecule has 1 aromatic rings. The van der Waals surface area contributed by atoms with Crippen molar-refractivity contribution in [2.24, 2.45) is 5.16 Å². The molecule has 7 heteroatoms. The lowest BCUT2D eigenvalue weighted by Crippen LogP contribution is -2.10. The van der Waals surface area contributed by atoms with E-state index in [1.807, 2.05) is 0 Å². The van der Waals surface area contributed by atoms with Gasteiger partial charge >= 0.3 is 0 Å². The molecule has 1 atom stereocenters. The van der Waals surface area contributed by atoms with Crippen LogP contribution in [0.25, 0.3) is 0 Å². The maximum atomic E-state index is 10.8. The Kier molecular flexibility index (Phi) is 3.73. The molecule has 0 N–H and O–H groups in total. The number of rotatable bonds is 3. The van der Waals surface area contributed by atoms with E-state index in [-0.39, 0.29) is 16.8 Å². The van der Waals surface area contributed by atoms with Crippen molar-refractivity contribution in [3.8, 4) is 0 Å². The van der Waals surface area contributed by atoms with Crippen molar-refractivity contribution < 1.29 is 9.76 Å². The molecule has 1 aromatic carbocycles. The van der Waals surface area contributed by atoms with Crippen LogP contribution in [0.3, 0.4) is 0 Å². The van der Waals surface area contributed by atoms with Gasteiger partial charge in [0.15, 0.2) is 0 Å². The number of alkyl halides is 1. The van der Waals surface area contributed by atoms with Gasteiger partial charge in [0.1, 0.15) is 11.1 Å². The van der Waals surface area contributed by atoms with Crippen molar-refractivity contribution >= 4 is 34.6 Å². The maximum absolute atomic E-state index is 10.8. The lowest BCUT2D eigenvalue weighted by molar-refractivity contribution is -0.384. The predicted octanol–water partition coefficient (Wildman–Crippen LogP) is 3.29. The summed E-state index contributed by atoms with van der Waals surface area (Å²) in [4.78, 5) is 15.4. The van der Waals surface area contributed by atoms with Crippen molar-refractivity contribution in [3.05, 3.63) is 38.4 Å². The summed E-state index contributed by atoms with van der Waals surface area (Å²) in [5, 5.41) is 14.8. The number of nitrogens with zero attached hydrogens (tertiary/aromatic N) is 2. The fourth-order valence-electron chi connectivity index (χ4n) is 1.79. The van der Waals surface area contributed by atoms with Crippen LogP contribution in [-0.2, 0) is 4.84 Å². The van der Waals surface area contributed by atoms with Gasteiger partial charge in [0, 0.05) is 18.1 Å². The first-order valence-corrected chi connectivity index (χ1v) is 6.17. The first kappa shape index (κ1) is 13.1. The maximum Gasteiger partial charge on any atom is 0.288 e. The molecule has 0 aromatic heterocycles. The lowest BCUT2D eigenvalue weighted by Gasteiger charge is -2.06. The number of aryl methyl sites for hydroxylation is 1. The minimum atomic E-state index is -0.506. The number of oxime groups is 1. The summed E-state index contributed by atoms with van der Waals surface area (Å²) < 4.78 is 0. The van der Waals surface area contributed by atoms with E-state index in [0.717, 1.165) is 16.8 Å². The third kappa shape index (κ3) is 2.42. The Bertz CT molecular complexity index is 531. The van der Waals surface area contributed by atoms with Crippen LogP contribution >= 0.6 is 23.2 Å². The van der Waals surface area contributed by atoms with E-state index in [9.17, 15) is 10.1 Å². The number of nitro benzene ring substituents is 1. The SMILES string of the molecule is Cc1cc([N+](=O)[O-])c(Cl)cc1C1=NOC(CCl)C1. The minimum absolute atomic E-state index is 0.0950. The largest absolute Gasteiger partial charge is 0.391 e. The highest BCUT2D eigenvalue weighted by atomic mass is 35.5. The zero-order chi connectivity index (χ0) is 13.3. The van der Waals surface area contributed by atoms with Gasteiger partial charge in [-0.25, -0.2) is 0 Å². The Morgan fingerprint density at radius 2 is 2.33 bits per heavy atom. The van der Waals surface area contributed by atoms with Crippen LogP contribution in [0.2, 0.25) is 5.02 Å². The molecule has 1 aliphatic heterocycles. The van der Waals surface area contributed by atoms with Gasteiger partial charge in [-0.1, -0.05) is 16.8 Å². The standard InChI is InChI=1S/C11H10Cl2N2O3/c1-6-2-11(15(16)17)9(13)4-8(6)10-3-7(5-12)18-14-10/h2,4,7H,3,5H2,1H3. The Balaban J connectivity index is 2.36. The molecule has 1 unspecified atom stereocenters. The number of nitro groups is 1. The number of halogens is 2. The van der Waals surface area contributed by atoms with Gasteiger partial charge in [0.05, 0.1) is 16.5 Å². The van der Waals surface area contributed by atoms with Gasteiger partial charge in [0.2, 0.25) is 0 Å². The molecule has 0 spiro atoms. The summed E-state index contributed by atoms with van der Waals surface area (Å²) in [6.07, 6.45) is 0.438. The highest BCUT2D eigenvalue weighted by Gasteiger charge is 2.24. The van der Waals surface area contributed by atoms with Crippen LogP contribution in [0.4, 0.5) is 5.69 Å². The van der Waals surface area contributed by atoms with E-state index in [1.165, 1.54) is 6.07 Å².